The van der Waals surface area contributed by atoms with Gasteiger partial charge in [0.1, 0.15) is 0 Å². The lowest BCUT2D eigenvalue weighted by Gasteiger charge is -1.71. The van der Waals surface area contributed by atoms with Crippen LogP contribution in [0.4, 0.5) is 0 Å². The van der Waals surface area contributed by atoms with E-state index >= 15 is 0 Å². The summed E-state index contributed by atoms with van der Waals surface area (Å²) in [5.74, 6) is 8.00. The molecule has 0 radical (unpaired) electrons. The zero-order chi connectivity index (χ0) is 5.41. The first-order chi connectivity index (χ1) is 2.91. The molecule has 7 N–H and O–H groups in total. The van der Waals surface area contributed by atoms with Crippen molar-refractivity contribution >= 4 is 12.4 Å². The SMILES string of the molecule is Cl.NCCO.NN. The third-order valence-electron chi connectivity index (χ3n) is 0.129. The van der Waals surface area contributed by atoms with Crippen molar-refractivity contribution in [3.63, 3.8) is 0 Å². The zero-order valence-electron chi connectivity index (χ0n) is 4.00. The minimum Gasteiger partial charge on any atom is -0.395 e. The number of hydrogen-bond acceptors (Lipinski definition) is 4. The van der Waals surface area contributed by atoms with Gasteiger partial charge < -0.3 is 10.8 Å². The van der Waals surface area contributed by atoms with Gasteiger partial charge in [-0.25, -0.2) is 0 Å². The number of rotatable bonds is 1. The van der Waals surface area contributed by atoms with Crippen LogP contribution in [0.5, 0.6) is 0 Å². The highest BCUT2D eigenvalue weighted by Crippen LogP contribution is 1.33. The predicted octanol–water partition coefficient (Wildman–Crippen LogP) is -1.82. The van der Waals surface area contributed by atoms with E-state index < -0.39 is 0 Å². The van der Waals surface area contributed by atoms with Crippen molar-refractivity contribution in [2.75, 3.05) is 13.2 Å². The number of aliphatic hydroxyl groups is 1. The van der Waals surface area contributed by atoms with E-state index in [0.717, 1.165) is 0 Å². The Bertz CT molecular complexity index is 14.9. The quantitative estimate of drug-likeness (QED) is 0.248. The summed E-state index contributed by atoms with van der Waals surface area (Å²) >= 11 is 0. The van der Waals surface area contributed by atoms with Crippen molar-refractivity contribution in [1.29, 1.82) is 0 Å². The first-order valence-electron chi connectivity index (χ1n) is 1.56. The average Bonchev–Trinajstić information content (AvgIpc) is 1.72. The van der Waals surface area contributed by atoms with Crippen LogP contribution in [0.1, 0.15) is 0 Å². The molecular weight excluding hydrogens is 117 g/mol. The van der Waals surface area contributed by atoms with Crippen molar-refractivity contribution in [1.82, 2.24) is 0 Å². The monoisotopic (exact) mass is 129 g/mol. The normalized spacial score (nSPS) is 5.14. The van der Waals surface area contributed by atoms with E-state index in [9.17, 15) is 0 Å². The van der Waals surface area contributed by atoms with Crippen LogP contribution in [0.2, 0.25) is 0 Å². The zero-order valence-corrected chi connectivity index (χ0v) is 4.82. The fraction of sp³-hybridized carbons (Fsp3) is 1.00. The Hall–Kier alpha value is 0.130. The van der Waals surface area contributed by atoms with Crippen LogP contribution < -0.4 is 17.4 Å². The molecule has 0 aromatic carbocycles. The molecule has 0 amide bonds. The fourth-order valence-corrected chi connectivity index (χ4v) is 0. The van der Waals surface area contributed by atoms with Crippen molar-refractivity contribution in [3.05, 3.63) is 0 Å². The van der Waals surface area contributed by atoms with Crippen molar-refractivity contribution in [2.24, 2.45) is 17.4 Å². The second-order valence-corrected chi connectivity index (χ2v) is 0.512. The Morgan fingerprint density at radius 2 is 1.43 bits per heavy atom. The number of hydrogen-bond donors (Lipinski definition) is 4. The van der Waals surface area contributed by atoms with E-state index in [2.05, 4.69) is 11.7 Å². The highest BCUT2D eigenvalue weighted by Gasteiger charge is 1.56. The van der Waals surface area contributed by atoms with Gasteiger partial charge in [0.15, 0.2) is 0 Å². The standard InChI is InChI=1S/C2H7NO.ClH.H4N2/c3-1-2-4;;1-2/h4H,1-3H2;1H;1-2H2. The summed E-state index contributed by atoms with van der Waals surface area (Å²) < 4.78 is 0. The van der Waals surface area contributed by atoms with Gasteiger partial charge >= 0.3 is 0 Å². The lowest BCUT2D eigenvalue weighted by Crippen LogP contribution is -2.02. The van der Waals surface area contributed by atoms with Crippen LogP contribution in [0.15, 0.2) is 0 Å². The molecule has 0 unspecified atom stereocenters. The molecule has 0 heterocycles. The van der Waals surface area contributed by atoms with Gasteiger partial charge in [-0.3, -0.25) is 11.7 Å². The molecule has 0 aromatic rings. The second-order valence-electron chi connectivity index (χ2n) is 0.512. The van der Waals surface area contributed by atoms with Gasteiger partial charge in [0, 0.05) is 6.54 Å². The van der Waals surface area contributed by atoms with Crippen LogP contribution in [0.3, 0.4) is 0 Å². The fourth-order valence-electron chi connectivity index (χ4n) is 0. The van der Waals surface area contributed by atoms with E-state index in [0.29, 0.717) is 6.54 Å². The van der Waals surface area contributed by atoms with Gasteiger partial charge in [-0.1, -0.05) is 0 Å². The molecule has 0 saturated carbocycles. The smallest absolute Gasteiger partial charge is 0.0553 e. The molecule has 48 valence electrons. The maximum absolute atomic E-state index is 7.75. The predicted molar refractivity (Wildman–Crippen MR) is 31.8 cm³/mol. The van der Waals surface area contributed by atoms with Crippen molar-refractivity contribution in [3.8, 4) is 0 Å². The van der Waals surface area contributed by atoms with Crippen LogP contribution in [-0.4, -0.2) is 18.3 Å². The van der Waals surface area contributed by atoms with Gasteiger partial charge in [-0.15, -0.1) is 12.4 Å². The topological polar surface area (TPSA) is 98.3 Å². The van der Waals surface area contributed by atoms with Crippen molar-refractivity contribution < 1.29 is 5.11 Å². The van der Waals surface area contributed by atoms with E-state index in [1.54, 1.807) is 0 Å². The van der Waals surface area contributed by atoms with Gasteiger partial charge in [-0.2, -0.15) is 0 Å². The number of aliphatic hydroxyl groups excluding tert-OH is 1. The third kappa shape index (κ3) is 81.9. The van der Waals surface area contributed by atoms with E-state index in [1.807, 2.05) is 0 Å². The lowest BCUT2D eigenvalue weighted by molar-refractivity contribution is 0.306. The summed E-state index contributed by atoms with van der Waals surface area (Å²) in [5, 5.41) is 7.75. The summed E-state index contributed by atoms with van der Waals surface area (Å²) in [7, 11) is 0. The molecule has 0 fully saturated rings. The number of hydrazine groups is 1. The highest BCUT2D eigenvalue weighted by atomic mass is 35.5. The van der Waals surface area contributed by atoms with Crippen LogP contribution in [0, 0.1) is 0 Å². The van der Waals surface area contributed by atoms with Crippen molar-refractivity contribution in [2.45, 2.75) is 0 Å². The molecule has 0 bridgehead atoms. The van der Waals surface area contributed by atoms with Gasteiger partial charge in [0.05, 0.1) is 6.61 Å². The highest BCUT2D eigenvalue weighted by molar-refractivity contribution is 5.85. The molecule has 0 aliphatic rings. The second kappa shape index (κ2) is 35.6. The maximum atomic E-state index is 7.75. The largest absolute Gasteiger partial charge is 0.395 e. The Balaban J connectivity index is -0.0000000480. The Labute approximate surface area is 49.0 Å². The van der Waals surface area contributed by atoms with Gasteiger partial charge in [0.25, 0.3) is 0 Å². The Kier molecular flexibility index (Phi) is 79.8. The molecule has 0 aliphatic carbocycles. The Morgan fingerprint density at radius 1 is 1.29 bits per heavy atom. The summed E-state index contributed by atoms with van der Waals surface area (Å²) in [6.07, 6.45) is 0. The maximum Gasteiger partial charge on any atom is 0.0553 e. The summed E-state index contributed by atoms with van der Waals surface area (Å²) in [6, 6.07) is 0. The van der Waals surface area contributed by atoms with E-state index in [4.69, 9.17) is 10.8 Å². The third-order valence-corrected chi connectivity index (χ3v) is 0.129. The molecule has 0 atom stereocenters. The first kappa shape index (κ1) is 15.7. The van der Waals surface area contributed by atoms with E-state index in [1.165, 1.54) is 0 Å². The number of nitrogens with two attached hydrogens (primary N) is 3. The molecule has 0 saturated heterocycles. The first-order valence-corrected chi connectivity index (χ1v) is 1.56. The van der Waals surface area contributed by atoms with Crippen LogP contribution in [-0.2, 0) is 0 Å². The molecule has 4 nitrogen and oxygen atoms in total. The molecule has 0 rings (SSSR count). The van der Waals surface area contributed by atoms with Crippen LogP contribution >= 0.6 is 12.4 Å². The Morgan fingerprint density at radius 3 is 1.43 bits per heavy atom. The summed E-state index contributed by atoms with van der Waals surface area (Å²) in [4.78, 5) is 0. The summed E-state index contributed by atoms with van der Waals surface area (Å²) in [5.41, 5.74) is 4.78. The molecule has 7 heavy (non-hydrogen) atoms. The summed E-state index contributed by atoms with van der Waals surface area (Å²) in [6.45, 7) is 0.472. The average molecular weight is 130 g/mol. The van der Waals surface area contributed by atoms with Gasteiger partial charge in [0.2, 0.25) is 0 Å². The minimum atomic E-state index is 0. The van der Waals surface area contributed by atoms with Crippen LogP contribution in [0.25, 0.3) is 0 Å². The molecular formula is C2H12ClN3O. The molecule has 0 aliphatic heterocycles. The lowest BCUT2D eigenvalue weighted by atomic mass is 10.8. The molecule has 0 spiro atoms. The molecule has 5 heteroatoms. The minimum absolute atomic E-state index is 0. The van der Waals surface area contributed by atoms with Gasteiger partial charge in [-0.05, 0) is 0 Å². The molecule has 0 aromatic heterocycles. The number of halogens is 1. The van der Waals surface area contributed by atoms with E-state index in [-0.39, 0.29) is 19.0 Å².